The molecule has 0 fully saturated rings. The molecule has 1 aromatic heterocycles. The molecule has 1 N–H and O–H groups in total. The van der Waals surface area contributed by atoms with Crippen molar-refractivity contribution in [1.82, 2.24) is 4.98 Å². The van der Waals surface area contributed by atoms with Crippen molar-refractivity contribution in [3.63, 3.8) is 0 Å². The zero-order chi connectivity index (χ0) is 10.0. The Morgan fingerprint density at radius 1 is 1.54 bits per heavy atom. The zero-order valence-corrected chi connectivity index (χ0v) is 7.50. The van der Waals surface area contributed by atoms with Gasteiger partial charge in [-0.1, -0.05) is 11.6 Å². The Bertz CT molecular complexity index is 376. The molecule has 0 bridgehead atoms. The van der Waals surface area contributed by atoms with E-state index in [1.807, 2.05) is 0 Å². The number of hydrogen-bond donors (Lipinski definition) is 1. The number of carboxylic acid groups (broad SMARTS) is 1. The van der Waals surface area contributed by atoms with Crippen LogP contribution in [0.2, 0.25) is 5.02 Å². The second-order valence-electron chi connectivity index (χ2n) is 2.38. The second-order valence-corrected chi connectivity index (χ2v) is 2.78. The molecule has 0 aliphatic heterocycles. The van der Waals surface area contributed by atoms with Crippen LogP contribution in [0.4, 0.5) is 0 Å². The van der Waals surface area contributed by atoms with E-state index in [0.717, 1.165) is 0 Å². The number of aromatic carboxylic acids is 1. The van der Waals surface area contributed by atoms with Gasteiger partial charge in [0.1, 0.15) is 11.3 Å². The molecule has 13 heavy (non-hydrogen) atoms. The maximum absolute atomic E-state index is 10.9. The molecule has 0 unspecified atom stereocenters. The van der Waals surface area contributed by atoms with Crippen LogP contribution >= 0.6 is 11.6 Å². The normalized spacial score (nSPS) is 9.69. The maximum Gasteiger partial charge on any atom is 0.339 e. The van der Waals surface area contributed by atoms with Gasteiger partial charge in [-0.3, -0.25) is 9.78 Å². The van der Waals surface area contributed by atoms with Gasteiger partial charge in [-0.2, -0.15) is 0 Å². The Balaban J connectivity index is 3.43. The van der Waals surface area contributed by atoms with E-state index in [-0.39, 0.29) is 16.3 Å². The number of rotatable bonds is 2. The van der Waals surface area contributed by atoms with Crippen LogP contribution in [0.3, 0.4) is 0 Å². The molecule has 0 saturated heterocycles. The SMILES string of the molecule is CC(=O)c1nccc(Cl)c1C(=O)O. The van der Waals surface area contributed by atoms with Crippen molar-refractivity contribution in [2.75, 3.05) is 0 Å². The van der Waals surface area contributed by atoms with Crippen LogP contribution in [0.25, 0.3) is 0 Å². The van der Waals surface area contributed by atoms with Crippen LogP contribution in [0, 0.1) is 0 Å². The average molecular weight is 200 g/mol. The smallest absolute Gasteiger partial charge is 0.339 e. The molecule has 0 radical (unpaired) electrons. The Hall–Kier alpha value is -1.42. The van der Waals surface area contributed by atoms with Crippen molar-refractivity contribution >= 4 is 23.4 Å². The summed E-state index contributed by atoms with van der Waals surface area (Å²) in [5.74, 6) is -1.66. The van der Waals surface area contributed by atoms with Gasteiger partial charge in [-0.15, -0.1) is 0 Å². The third kappa shape index (κ3) is 1.84. The number of halogens is 1. The molecule has 0 saturated carbocycles. The number of ketones is 1. The molecule has 5 heteroatoms. The van der Waals surface area contributed by atoms with Crippen LogP contribution < -0.4 is 0 Å². The second kappa shape index (κ2) is 3.53. The van der Waals surface area contributed by atoms with Gasteiger partial charge in [0, 0.05) is 13.1 Å². The van der Waals surface area contributed by atoms with Crippen molar-refractivity contribution in [3.8, 4) is 0 Å². The first-order chi connectivity index (χ1) is 6.04. The number of hydrogen-bond acceptors (Lipinski definition) is 3. The predicted octanol–water partition coefficient (Wildman–Crippen LogP) is 1.64. The first-order valence-electron chi connectivity index (χ1n) is 3.42. The zero-order valence-electron chi connectivity index (χ0n) is 6.74. The highest BCUT2D eigenvalue weighted by Gasteiger charge is 2.18. The molecular weight excluding hydrogens is 194 g/mol. The van der Waals surface area contributed by atoms with Crippen molar-refractivity contribution in [1.29, 1.82) is 0 Å². The lowest BCUT2D eigenvalue weighted by molar-refractivity contribution is 0.0691. The van der Waals surface area contributed by atoms with Crippen LogP contribution in [0.5, 0.6) is 0 Å². The standard InChI is InChI=1S/C8H6ClNO3/c1-4(11)7-6(8(12)13)5(9)2-3-10-7/h2-3H,1H3,(H,12,13). The molecule has 1 heterocycles. The van der Waals surface area contributed by atoms with E-state index < -0.39 is 11.8 Å². The molecule has 0 aliphatic carbocycles. The molecular formula is C8H6ClNO3. The van der Waals surface area contributed by atoms with Crippen molar-refractivity contribution in [2.24, 2.45) is 0 Å². The lowest BCUT2D eigenvalue weighted by Crippen LogP contribution is -2.09. The predicted molar refractivity (Wildman–Crippen MR) is 46.2 cm³/mol. The fraction of sp³-hybridized carbons (Fsp3) is 0.125. The van der Waals surface area contributed by atoms with Gasteiger partial charge in [0.05, 0.1) is 5.02 Å². The van der Waals surface area contributed by atoms with E-state index in [2.05, 4.69) is 4.98 Å². The summed E-state index contributed by atoms with van der Waals surface area (Å²) in [6.45, 7) is 1.24. The average Bonchev–Trinajstić information content (AvgIpc) is 2.02. The molecule has 1 rings (SSSR count). The fourth-order valence-electron chi connectivity index (χ4n) is 0.909. The van der Waals surface area contributed by atoms with Crippen LogP contribution in [0.15, 0.2) is 12.3 Å². The number of nitrogens with zero attached hydrogens (tertiary/aromatic N) is 1. The van der Waals surface area contributed by atoms with Gasteiger partial charge in [0.25, 0.3) is 0 Å². The summed E-state index contributed by atoms with van der Waals surface area (Å²) in [7, 11) is 0. The number of aromatic nitrogens is 1. The van der Waals surface area contributed by atoms with Gasteiger partial charge < -0.3 is 5.11 Å². The molecule has 0 aliphatic rings. The quantitative estimate of drug-likeness (QED) is 0.736. The third-order valence-electron chi connectivity index (χ3n) is 1.45. The molecule has 0 atom stereocenters. The van der Waals surface area contributed by atoms with Crippen molar-refractivity contribution < 1.29 is 14.7 Å². The maximum atomic E-state index is 10.9. The summed E-state index contributed by atoms with van der Waals surface area (Å²) in [6, 6.07) is 1.33. The molecule has 1 aromatic rings. The van der Waals surface area contributed by atoms with Crippen LogP contribution in [0.1, 0.15) is 27.8 Å². The highest BCUT2D eigenvalue weighted by atomic mass is 35.5. The minimum absolute atomic E-state index is 0.0210. The largest absolute Gasteiger partial charge is 0.478 e. The lowest BCUT2D eigenvalue weighted by Gasteiger charge is -2.02. The van der Waals surface area contributed by atoms with Crippen molar-refractivity contribution in [3.05, 3.63) is 28.5 Å². The van der Waals surface area contributed by atoms with E-state index in [0.29, 0.717) is 0 Å². The number of carbonyl (C=O) groups is 2. The summed E-state index contributed by atoms with van der Waals surface area (Å²) in [6.07, 6.45) is 1.30. The van der Waals surface area contributed by atoms with Crippen LogP contribution in [-0.4, -0.2) is 21.8 Å². The van der Waals surface area contributed by atoms with Gasteiger partial charge in [-0.25, -0.2) is 4.79 Å². The molecule has 4 nitrogen and oxygen atoms in total. The minimum Gasteiger partial charge on any atom is -0.478 e. The fourth-order valence-corrected chi connectivity index (χ4v) is 1.14. The van der Waals surface area contributed by atoms with E-state index in [1.54, 1.807) is 0 Å². The number of pyridine rings is 1. The molecule has 68 valence electrons. The van der Waals surface area contributed by atoms with E-state index >= 15 is 0 Å². The lowest BCUT2D eigenvalue weighted by atomic mass is 10.1. The van der Waals surface area contributed by atoms with E-state index in [1.165, 1.54) is 19.2 Å². The molecule has 0 spiro atoms. The Morgan fingerprint density at radius 2 is 2.15 bits per heavy atom. The summed E-state index contributed by atoms with van der Waals surface area (Å²) >= 11 is 5.60. The van der Waals surface area contributed by atoms with Gasteiger partial charge in [0.2, 0.25) is 0 Å². The van der Waals surface area contributed by atoms with Gasteiger partial charge in [0.15, 0.2) is 5.78 Å². The summed E-state index contributed by atoms with van der Waals surface area (Å²) < 4.78 is 0. The highest BCUT2D eigenvalue weighted by molar-refractivity contribution is 6.34. The van der Waals surface area contributed by atoms with Gasteiger partial charge >= 0.3 is 5.97 Å². The monoisotopic (exact) mass is 199 g/mol. The van der Waals surface area contributed by atoms with Crippen molar-refractivity contribution in [2.45, 2.75) is 6.92 Å². The Labute approximate surface area is 79.2 Å². The van der Waals surface area contributed by atoms with Crippen LogP contribution in [-0.2, 0) is 0 Å². The summed E-state index contributed by atoms with van der Waals surface area (Å²) in [5, 5.41) is 8.74. The minimum atomic E-state index is -1.25. The Kier molecular flexibility index (Phi) is 2.63. The Morgan fingerprint density at radius 3 is 2.54 bits per heavy atom. The van der Waals surface area contributed by atoms with Gasteiger partial charge in [-0.05, 0) is 6.07 Å². The first kappa shape index (κ1) is 9.67. The summed E-state index contributed by atoms with van der Waals surface area (Å²) in [4.78, 5) is 25.3. The van der Waals surface area contributed by atoms with E-state index in [9.17, 15) is 9.59 Å². The highest BCUT2D eigenvalue weighted by Crippen LogP contribution is 2.18. The topological polar surface area (TPSA) is 67.3 Å². The molecule has 0 aromatic carbocycles. The van der Waals surface area contributed by atoms with E-state index in [4.69, 9.17) is 16.7 Å². The summed E-state index contributed by atoms with van der Waals surface area (Å²) in [5.41, 5.74) is -0.350. The third-order valence-corrected chi connectivity index (χ3v) is 1.76. The first-order valence-corrected chi connectivity index (χ1v) is 3.80. The number of Topliss-reactive ketones (excluding diaryl/α,β-unsaturated/α-hetero) is 1. The number of carbonyl (C=O) groups excluding carboxylic acids is 1. The molecule has 0 amide bonds. The number of carboxylic acids is 1.